The largest absolute Gasteiger partial charge is 0.497 e. The quantitative estimate of drug-likeness (QED) is 0.538. The van der Waals surface area contributed by atoms with Crippen LogP contribution in [0.15, 0.2) is 47.1 Å². The standard InChI is InChI=1S/C14H10N4O4/c1-21-11-5-2-9(3-6-11)13-16-14(22-17-13)12-7-4-10(8-15-12)18(19)20/h2-8H,1H3. The minimum absolute atomic E-state index is 0.0985. The van der Waals surface area contributed by atoms with Gasteiger partial charge in [0.25, 0.3) is 11.6 Å². The van der Waals surface area contributed by atoms with Crippen LogP contribution in [0, 0.1) is 10.1 Å². The first-order chi connectivity index (χ1) is 10.7. The second-order valence-electron chi connectivity index (χ2n) is 4.31. The molecule has 1 aromatic carbocycles. The maximum atomic E-state index is 10.6. The van der Waals surface area contributed by atoms with E-state index in [1.165, 1.54) is 12.1 Å². The fraction of sp³-hybridized carbons (Fsp3) is 0.0714. The molecule has 3 rings (SSSR count). The lowest BCUT2D eigenvalue weighted by atomic mass is 10.2. The van der Waals surface area contributed by atoms with Crippen LogP contribution >= 0.6 is 0 Å². The van der Waals surface area contributed by atoms with Gasteiger partial charge in [0.1, 0.15) is 17.6 Å². The lowest BCUT2D eigenvalue weighted by Crippen LogP contribution is -1.90. The van der Waals surface area contributed by atoms with Crippen LogP contribution in [0.1, 0.15) is 0 Å². The SMILES string of the molecule is COc1ccc(-c2noc(-c3ccc([N+](=O)[O-])cn3)n2)cc1. The lowest BCUT2D eigenvalue weighted by Gasteiger charge is -1.98. The third kappa shape index (κ3) is 2.62. The highest BCUT2D eigenvalue weighted by Gasteiger charge is 2.13. The molecule has 0 amide bonds. The summed E-state index contributed by atoms with van der Waals surface area (Å²) in [6.45, 7) is 0. The Morgan fingerprint density at radius 2 is 1.95 bits per heavy atom. The van der Waals surface area contributed by atoms with Crippen LogP contribution in [0.2, 0.25) is 0 Å². The van der Waals surface area contributed by atoms with Crippen molar-refractivity contribution in [2.24, 2.45) is 0 Å². The van der Waals surface area contributed by atoms with Gasteiger partial charge in [-0.3, -0.25) is 10.1 Å². The highest BCUT2D eigenvalue weighted by Crippen LogP contribution is 2.23. The molecule has 0 N–H and O–H groups in total. The van der Waals surface area contributed by atoms with Gasteiger partial charge < -0.3 is 9.26 Å². The topological polar surface area (TPSA) is 104 Å². The molecule has 22 heavy (non-hydrogen) atoms. The Bertz CT molecular complexity index is 796. The normalized spacial score (nSPS) is 10.4. The van der Waals surface area contributed by atoms with E-state index in [1.807, 2.05) is 0 Å². The van der Waals surface area contributed by atoms with E-state index < -0.39 is 4.92 Å². The maximum absolute atomic E-state index is 10.6. The van der Waals surface area contributed by atoms with Crippen LogP contribution in [0.25, 0.3) is 23.0 Å². The molecule has 0 aliphatic rings. The Morgan fingerprint density at radius 1 is 1.18 bits per heavy atom. The molecule has 0 unspecified atom stereocenters. The van der Waals surface area contributed by atoms with Crippen LogP contribution in [-0.4, -0.2) is 27.2 Å². The van der Waals surface area contributed by atoms with Crippen LogP contribution < -0.4 is 4.74 Å². The zero-order valence-electron chi connectivity index (χ0n) is 11.5. The van der Waals surface area contributed by atoms with Gasteiger partial charge in [0.15, 0.2) is 0 Å². The van der Waals surface area contributed by atoms with E-state index in [2.05, 4.69) is 15.1 Å². The van der Waals surface area contributed by atoms with Crippen molar-refractivity contribution in [2.75, 3.05) is 7.11 Å². The molecule has 2 heterocycles. The molecular weight excluding hydrogens is 288 g/mol. The number of nitrogens with zero attached hydrogens (tertiary/aromatic N) is 4. The summed E-state index contributed by atoms with van der Waals surface area (Å²) in [6.07, 6.45) is 1.15. The summed E-state index contributed by atoms with van der Waals surface area (Å²) in [5, 5.41) is 14.5. The predicted molar refractivity (Wildman–Crippen MR) is 76.2 cm³/mol. The monoisotopic (exact) mass is 298 g/mol. The van der Waals surface area contributed by atoms with E-state index in [4.69, 9.17) is 9.26 Å². The molecule has 0 fully saturated rings. The lowest BCUT2D eigenvalue weighted by molar-refractivity contribution is -0.385. The third-order valence-corrected chi connectivity index (χ3v) is 2.95. The van der Waals surface area contributed by atoms with E-state index in [9.17, 15) is 10.1 Å². The van der Waals surface area contributed by atoms with E-state index in [0.29, 0.717) is 11.5 Å². The summed E-state index contributed by atoms with van der Waals surface area (Å²) < 4.78 is 10.2. The minimum Gasteiger partial charge on any atom is -0.497 e. The summed E-state index contributed by atoms with van der Waals surface area (Å²) in [4.78, 5) is 18.3. The Balaban J connectivity index is 1.87. The molecule has 0 saturated heterocycles. The number of benzene rings is 1. The molecule has 8 heteroatoms. The van der Waals surface area contributed by atoms with Crippen molar-refractivity contribution in [1.82, 2.24) is 15.1 Å². The van der Waals surface area contributed by atoms with Crippen molar-refractivity contribution < 1.29 is 14.2 Å². The second-order valence-corrected chi connectivity index (χ2v) is 4.31. The highest BCUT2D eigenvalue weighted by molar-refractivity contribution is 5.59. The number of aromatic nitrogens is 3. The maximum Gasteiger partial charge on any atom is 0.287 e. The van der Waals surface area contributed by atoms with Gasteiger partial charge in [0.05, 0.1) is 12.0 Å². The van der Waals surface area contributed by atoms with E-state index in [1.54, 1.807) is 31.4 Å². The Kier molecular flexibility index (Phi) is 3.48. The molecule has 8 nitrogen and oxygen atoms in total. The fourth-order valence-corrected chi connectivity index (χ4v) is 1.81. The summed E-state index contributed by atoms with van der Waals surface area (Å²) in [6, 6.07) is 9.97. The molecule has 0 spiro atoms. The molecule has 0 atom stereocenters. The molecule has 0 radical (unpaired) electrons. The van der Waals surface area contributed by atoms with Gasteiger partial charge >= 0.3 is 0 Å². The molecule has 0 aliphatic heterocycles. The van der Waals surface area contributed by atoms with Crippen molar-refractivity contribution in [3.8, 4) is 28.7 Å². The predicted octanol–water partition coefficient (Wildman–Crippen LogP) is 2.72. The first-order valence-electron chi connectivity index (χ1n) is 6.26. The van der Waals surface area contributed by atoms with E-state index >= 15 is 0 Å². The fourth-order valence-electron chi connectivity index (χ4n) is 1.81. The van der Waals surface area contributed by atoms with Crippen LogP contribution in [0.4, 0.5) is 5.69 Å². The summed E-state index contributed by atoms with van der Waals surface area (Å²) in [5.41, 5.74) is 1.04. The van der Waals surface area contributed by atoms with Gasteiger partial charge in [0, 0.05) is 11.6 Å². The average molecular weight is 298 g/mol. The Morgan fingerprint density at radius 3 is 2.55 bits per heavy atom. The van der Waals surface area contributed by atoms with Gasteiger partial charge in [-0.15, -0.1) is 0 Å². The Labute approximate surface area is 124 Å². The average Bonchev–Trinajstić information content (AvgIpc) is 3.05. The number of hydrogen-bond acceptors (Lipinski definition) is 7. The van der Waals surface area contributed by atoms with Crippen LogP contribution in [0.5, 0.6) is 5.75 Å². The molecule has 110 valence electrons. The van der Waals surface area contributed by atoms with Crippen molar-refractivity contribution >= 4 is 5.69 Å². The van der Waals surface area contributed by atoms with Crippen molar-refractivity contribution in [2.45, 2.75) is 0 Å². The van der Waals surface area contributed by atoms with Crippen molar-refractivity contribution in [1.29, 1.82) is 0 Å². The molecule has 3 aromatic rings. The molecule has 0 saturated carbocycles. The summed E-state index contributed by atoms with van der Waals surface area (Å²) in [5.74, 6) is 1.32. The van der Waals surface area contributed by atoms with Gasteiger partial charge in [0.2, 0.25) is 5.82 Å². The number of ether oxygens (including phenoxy) is 1. The number of rotatable bonds is 4. The Hall–Kier alpha value is -3.29. The molecule has 0 aliphatic carbocycles. The second kappa shape index (κ2) is 5.60. The highest BCUT2D eigenvalue weighted by atomic mass is 16.6. The van der Waals surface area contributed by atoms with Gasteiger partial charge in [-0.05, 0) is 30.3 Å². The first kappa shape index (κ1) is 13.7. The number of methoxy groups -OCH3 is 1. The number of hydrogen-bond donors (Lipinski definition) is 0. The third-order valence-electron chi connectivity index (χ3n) is 2.95. The minimum atomic E-state index is -0.520. The molecular formula is C14H10N4O4. The van der Waals surface area contributed by atoms with Gasteiger partial charge in [-0.2, -0.15) is 4.98 Å². The molecule has 0 bridgehead atoms. The van der Waals surface area contributed by atoms with Crippen molar-refractivity contribution in [3.05, 3.63) is 52.7 Å². The van der Waals surface area contributed by atoms with Gasteiger partial charge in [-0.25, -0.2) is 4.98 Å². The van der Waals surface area contributed by atoms with Gasteiger partial charge in [-0.1, -0.05) is 5.16 Å². The summed E-state index contributed by atoms with van der Waals surface area (Å²) in [7, 11) is 1.59. The zero-order chi connectivity index (χ0) is 15.5. The first-order valence-corrected chi connectivity index (χ1v) is 6.26. The summed E-state index contributed by atoms with van der Waals surface area (Å²) >= 11 is 0. The van der Waals surface area contributed by atoms with Crippen molar-refractivity contribution in [3.63, 3.8) is 0 Å². The number of nitro groups is 1. The number of pyridine rings is 1. The van der Waals surface area contributed by atoms with Crippen LogP contribution in [-0.2, 0) is 0 Å². The smallest absolute Gasteiger partial charge is 0.287 e. The molecule has 2 aromatic heterocycles. The van der Waals surface area contributed by atoms with E-state index in [-0.39, 0.29) is 11.6 Å². The van der Waals surface area contributed by atoms with E-state index in [0.717, 1.165) is 17.5 Å². The zero-order valence-corrected chi connectivity index (χ0v) is 11.5. The van der Waals surface area contributed by atoms with Crippen LogP contribution in [0.3, 0.4) is 0 Å².